The molecule has 0 aromatic heterocycles. The maximum absolute atomic E-state index is 11.7. The van der Waals surface area contributed by atoms with Gasteiger partial charge in [-0.25, -0.2) is 4.79 Å². The summed E-state index contributed by atoms with van der Waals surface area (Å²) >= 11 is 0. The molecular formula is C14H23N3O2. The van der Waals surface area contributed by atoms with E-state index >= 15 is 0 Å². The summed E-state index contributed by atoms with van der Waals surface area (Å²) in [4.78, 5) is 13.7. The Hall–Kier alpha value is -1.75. The Morgan fingerprint density at radius 1 is 1.32 bits per heavy atom. The average Bonchev–Trinajstić information content (AvgIpc) is 2.30. The molecule has 106 valence electrons. The number of hydrogen-bond donors (Lipinski definition) is 2. The van der Waals surface area contributed by atoms with Crippen LogP contribution in [0.3, 0.4) is 0 Å². The Labute approximate surface area is 114 Å². The van der Waals surface area contributed by atoms with Crippen molar-refractivity contribution in [1.82, 2.24) is 10.2 Å². The lowest BCUT2D eigenvalue weighted by Crippen LogP contribution is -2.34. The SMILES string of the molecule is CC(C)Oc1ccccc1NC(=O)NCCN(C)C. The van der Waals surface area contributed by atoms with E-state index in [1.807, 2.05) is 57.1 Å². The minimum Gasteiger partial charge on any atom is -0.489 e. The molecule has 0 spiro atoms. The lowest BCUT2D eigenvalue weighted by Gasteiger charge is -2.15. The molecule has 0 bridgehead atoms. The summed E-state index contributed by atoms with van der Waals surface area (Å²) in [6.07, 6.45) is 0.0692. The minimum absolute atomic E-state index is 0.0692. The Kier molecular flexibility index (Phi) is 6.15. The summed E-state index contributed by atoms with van der Waals surface area (Å²) < 4.78 is 5.64. The predicted octanol–water partition coefficient (Wildman–Crippen LogP) is 2.16. The number of ether oxygens (including phenoxy) is 1. The third kappa shape index (κ3) is 6.10. The van der Waals surface area contributed by atoms with Crippen LogP contribution in [0, 0.1) is 0 Å². The van der Waals surface area contributed by atoms with E-state index in [4.69, 9.17) is 4.74 Å². The van der Waals surface area contributed by atoms with E-state index < -0.39 is 0 Å². The molecule has 0 saturated carbocycles. The molecular weight excluding hydrogens is 242 g/mol. The fourth-order valence-corrected chi connectivity index (χ4v) is 1.49. The van der Waals surface area contributed by atoms with Crippen LogP contribution in [0.1, 0.15) is 13.8 Å². The molecule has 2 N–H and O–H groups in total. The van der Waals surface area contributed by atoms with Gasteiger partial charge >= 0.3 is 6.03 Å². The molecule has 0 radical (unpaired) electrons. The molecule has 5 nitrogen and oxygen atoms in total. The van der Waals surface area contributed by atoms with Gasteiger partial charge in [0.25, 0.3) is 0 Å². The van der Waals surface area contributed by atoms with E-state index in [0.717, 1.165) is 6.54 Å². The molecule has 0 unspecified atom stereocenters. The van der Waals surface area contributed by atoms with Crippen molar-refractivity contribution in [1.29, 1.82) is 0 Å². The van der Waals surface area contributed by atoms with E-state index in [1.165, 1.54) is 0 Å². The first-order valence-electron chi connectivity index (χ1n) is 6.44. The van der Waals surface area contributed by atoms with Crippen LogP contribution >= 0.6 is 0 Å². The fraction of sp³-hybridized carbons (Fsp3) is 0.500. The molecule has 0 heterocycles. The molecule has 5 heteroatoms. The van der Waals surface area contributed by atoms with Gasteiger partial charge in [0.05, 0.1) is 11.8 Å². The number of amides is 2. The van der Waals surface area contributed by atoms with Crippen molar-refractivity contribution in [2.24, 2.45) is 0 Å². The van der Waals surface area contributed by atoms with Crippen LogP contribution in [-0.2, 0) is 0 Å². The van der Waals surface area contributed by atoms with Crippen molar-refractivity contribution in [3.63, 3.8) is 0 Å². The number of carbonyl (C=O) groups excluding carboxylic acids is 1. The molecule has 0 aliphatic heterocycles. The van der Waals surface area contributed by atoms with Crippen LogP contribution in [0.15, 0.2) is 24.3 Å². The molecule has 0 saturated heterocycles. The van der Waals surface area contributed by atoms with Gasteiger partial charge in [0, 0.05) is 13.1 Å². The molecule has 1 aromatic rings. The zero-order chi connectivity index (χ0) is 14.3. The van der Waals surface area contributed by atoms with Gasteiger partial charge in [-0.15, -0.1) is 0 Å². The van der Waals surface area contributed by atoms with Crippen molar-refractivity contribution in [3.05, 3.63) is 24.3 Å². The molecule has 2 amide bonds. The highest BCUT2D eigenvalue weighted by molar-refractivity contribution is 5.90. The van der Waals surface area contributed by atoms with Gasteiger partial charge in [0.2, 0.25) is 0 Å². The third-order valence-corrected chi connectivity index (χ3v) is 2.34. The quantitative estimate of drug-likeness (QED) is 0.828. The Morgan fingerprint density at radius 2 is 2.00 bits per heavy atom. The summed E-state index contributed by atoms with van der Waals surface area (Å²) in [5, 5.41) is 5.59. The first-order chi connectivity index (χ1) is 8.99. The second-order valence-corrected chi connectivity index (χ2v) is 4.85. The van der Waals surface area contributed by atoms with Gasteiger partial charge in [-0.05, 0) is 40.1 Å². The van der Waals surface area contributed by atoms with Gasteiger partial charge < -0.3 is 20.3 Å². The number of anilines is 1. The van der Waals surface area contributed by atoms with Gasteiger partial charge in [-0.3, -0.25) is 0 Å². The lowest BCUT2D eigenvalue weighted by atomic mass is 10.3. The van der Waals surface area contributed by atoms with Crippen LogP contribution in [-0.4, -0.2) is 44.2 Å². The maximum atomic E-state index is 11.7. The molecule has 0 aliphatic rings. The van der Waals surface area contributed by atoms with Crippen LogP contribution in [0.5, 0.6) is 5.75 Å². The Bertz CT molecular complexity index is 405. The normalized spacial score (nSPS) is 10.6. The van der Waals surface area contributed by atoms with Gasteiger partial charge in [-0.1, -0.05) is 12.1 Å². The van der Waals surface area contributed by atoms with Crippen molar-refractivity contribution in [2.75, 3.05) is 32.5 Å². The third-order valence-electron chi connectivity index (χ3n) is 2.34. The first-order valence-corrected chi connectivity index (χ1v) is 6.44. The molecule has 0 atom stereocenters. The van der Waals surface area contributed by atoms with Crippen LogP contribution in [0.4, 0.5) is 10.5 Å². The summed E-state index contributed by atoms with van der Waals surface area (Å²) in [5.41, 5.74) is 0.679. The standard InChI is InChI=1S/C14H23N3O2/c1-11(2)19-13-8-6-5-7-12(13)16-14(18)15-9-10-17(3)4/h5-8,11H,9-10H2,1-4H3,(H2,15,16,18). The molecule has 19 heavy (non-hydrogen) atoms. The zero-order valence-electron chi connectivity index (χ0n) is 12.1. The van der Waals surface area contributed by atoms with Crippen molar-refractivity contribution >= 4 is 11.7 Å². The van der Waals surface area contributed by atoms with Crippen molar-refractivity contribution in [3.8, 4) is 5.75 Å². The number of hydrogen-bond acceptors (Lipinski definition) is 3. The van der Waals surface area contributed by atoms with E-state index in [1.54, 1.807) is 0 Å². The first kappa shape index (κ1) is 15.3. The zero-order valence-corrected chi connectivity index (χ0v) is 12.1. The van der Waals surface area contributed by atoms with Crippen molar-refractivity contribution < 1.29 is 9.53 Å². The average molecular weight is 265 g/mol. The lowest BCUT2D eigenvalue weighted by molar-refractivity contribution is 0.241. The second-order valence-electron chi connectivity index (χ2n) is 4.85. The summed E-state index contributed by atoms with van der Waals surface area (Å²) in [7, 11) is 3.93. The highest BCUT2D eigenvalue weighted by Crippen LogP contribution is 2.24. The number of rotatable bonds is 6. The number of benzene rings is 1. The number of nitrogens with one attached hydrogen (secondary N) is 2. The maximum Gasteiger partial charge on any atom is 0.319 e. The number of carbonyl (C=O) groups is 1. The van der Waals surface area contributed by atoms with Crippen molar-refractivity contribution in [2.45, 2.75) is 20.0 Å². The number of urea groups is 1. The summed E-state index contributed by atoms with van der Waals surface area (Å²) in [6.45, 7) is 5.31. The predicted molar refractivity (Wildman–Crippen MR) is 77.8 cm³/mol. The molecule has 1 aromatic carbocycles. The van der Waals surface area contributed by atoms with E-state index in [2.05, 4.69) is 10.6 Å². The van der Waals surface area contributed by atoms with E-state index in [-0.39, 0.29) is 12.1 Å². The summed E-state index contributed by atoms with van der Waals surface area (Å²) in [6, 6.07) is 7.19. The number of para-hydroxylation sites is 2. The van der Waals surface area contributed by atoms with Crippen LogP contribution in [0.2, 0.25) is 0 Å². The highest BCUT2D eigenvalue weighted by atomic mass is 16.5. The van der Waals surface area contributed by atoms with Gasteiger partial charge in [0.15, 0.2) is 0 Å². The molecule has 0 fully saturated rings. The second kappa shape index (κ2) is 7.63. The Balaban J connectivity index is 2.53. The van der Waals surface area contributed by atoms with Crippen LogP contribution < -0.4 is 15.4 Å². The number of likely N-dealkylation sites (N-methyl/N-ethyl adjacent to an activating group) is 1. The van der Waals surface area contributed by atoms with E-state index in [9.17, 15) is 4.79 Å². The smallest absolute Gasteiger partial charge is 0.319 e. The van der Waals surface area contributed by atoms with Gasteiger partial charge in [-0.2, -0.15) is 0 Å². The highest BCUT2D eigenvalue weighted by Gasteiger charge is 2.08. The molecule has 0 aliphatic carbocycles. The van der Waals surface area contributed by atoms with E-state index in [0.29, 0.717) is 18.0 Å². The van der Waals surface area contributed by atoms with Crippen LogP contribution in [0.25, 0.3) is 0 Å². The topological polar surface area (TPSA) is 53.6 Å². The minimum atomic E-state index is -0.221. The summed E-state index contributed by atoms with van der Waals surface area (Å²) in [5.74, 6) is 0.681. The van der Waals surface area contributed by atoms with Gasteiger partial charge in [0.1, 0.15) is 5.75 Å². The largest absolute Gasteiger partial charge is 0.489 e. The molecule has 1 rings (SSSR count). The monoisotopic (exact) mass is 265 g/mol. The number of nitrogens with zero attached hydrogens (tertiary/aromatic N) is 1. The fourth-order valence-electron chi connectivity index (χ4n) is 1.49. The Morgan fingerprint density at radius 3 is 2.63 bits per heavy atom.